The summed E-state index contributed by atoms with van der Waals surface area (Å²) in [7, 11) is 0. The Labute approximate surface area is 114 Å². The first-order valence-corrected chi connectivity index (χ1v) is 6.27. The van der Waals surface area contributed by atoms with Gasteiger partial charge in [0.25, 0.3) is 0 Å². The van der Waals surface area contributed by atoms with Crippen molar-refractivity contribution in [2.75, 3.05) is 36.8 Å². The molecule has 1 aliphatic heterocycles. The van der Waals surface area contributed by atoms with E-state index in [1.807, 2.05) is 0 Å². The number of hydrogen-bond acceptors (Lipinski definition) is 3. The fourth-order valence-corrected chi connectivity index (χ4v) is 2.39. The standard InChI is InChI=1S/C13H16F3N3O/c1-9(20)18-5-7-19(8-6-18)12-10(13(14,15)16)3-2-4-11(12)17/h2-4H,5-8,17H2,1H3. The molecule has 1 fully saturated rings. The Hall–Kier alpha value is -1.92. The number of para-hydroxylation sites is 1. The highest BCUT2D eigenvalue weighted by Crippen LogP contribution is 2.40. The van der Waals surface area contributed by atoms with Crippen molar-refractivity contribution in [3.8, 4) is 0 Å². The number of nitrogens with zero attached hydrogens (tertiary/aromatic N) is 2. The molecule has 110 valence electrons. The summed E-state index contributed by atoms with van der Waals surface area (Å²) in [5.41, 5.74) is 5.12. The van der Waals surface area contributed by atoms with Crippen LogP contribution in [0.4, 0.5) is 24.5 Å². The number of carbonyl (C=O) groups excluding carboxylic acids is 1. The summed E-state index contributed by atoms with van der Waals surface area (Å²) >= 11 is 0. The minimum absolute atomic E-state index is 0.0169. The van der Waals surface area contributed by atoms with Crippen LogP contribution in [0, 0.1) is 0 Å². The van der Waals surface area contributed by atoms with Crippen LogP contribution in [0.25, 0.3) is 0 Å². The summed E-state index contributed by atoms with van der Waals surface area (Å²) in [6, 6.07) is 3.79. The van der Waals surface area contributed by atoms with E-state index in [9.17, 15) is 18.0 Å². The van der Waals surface area contributed by atoms with Crippen molar-refractivity contribution in [3.05, 3.63) is 23.8 Å². The molecule has 0 saturated carbocycles. The number of carbonyl (C=O) groups is 1. The monoisotopic (exact) mass is 287 g/mol. The molecule has 2 N–H and O–H groups in total. The number of benzene rings is 1. The highest BCUT2D eigenvalue weighted by atomic mass is 19.4. The Bertz CT molecular complexity index is 508. The van der Waals surface area contributed by atoms with Crippen LogP contribution in [0.2, 0.25) is 0 Å². The van der Waals surface area contributed by atoms with Crippen LogP contribution in [-0.4, -0.2) is 37.0 Å². The number of hydrogen-bond donors (Lipinski definition) is 1. The van der Waals surface area contributed by atoms with Crippen LogP contribution >= 0.6 is 0 Å². The summed E-state index contributed by atoms with van der Waals surface area (Å²) in [4.78, 5) is 14.4. The van der Waals surface area contributed by atoms with E-state index in [-0.39, 0.29) is 17.3 Å². The molecule has 0 spiro atoms. The largest absolute Gasteiger partial charge is 0.418 e. The summed E-state index contributed by atoms with van der Waals surface area (Å²) in [6.45, 7) is 2.95. The van der Waals surface area contributed by atoms with Crippen molar-refractivity contribution >= 4 is 17.3 Å². The molecule has 1 saturated heterocycles. The van der Waals surface area contributed by atoms with Gasteiger partial charge in [-0.3, -0.25) is 4.79 Å². The van der Waals surface area contributed by atoms with Crippen LogP contribution in [0.5, 0.6) is 0 Å². The molecule has 0 aromatic heterocycles. The number of piperazine rings is 1. The first kappa shape index (κ1) is 14.5. The van der Waals surface area contributed by atoms with Gasteiger partial charge >= 0.3 is 6.18 Å². The van der Waals surface area contributed by atoms with Gasteiger partial charge in [0, 0.05) is 33.1 Å². The SMILES string of the molecule is CC(=O)N1CCN(c2c(N)cccc2C(F)(F)F)CC1. The zero-order valence-corrected chi connectivity index (χ0v) is 11.1. The molecule has 0 bridgehead atoms. The van der Waals surface area contributed by atoms with Crippen LogP contribution in [0.3, 0.4) is 0 Å². The topological polar surface area (TPSA) is 49.6 Å². The zero-order chi connectivity index (χ0) is 14.9. The van der Waals surface area contributed by atoms with E-state index in [0.29, 0.717) is 26.2 Å². The molecule has 1 aromatic carbocycles. The van der Waals surface area contributed by atoms with Crippen LogP contribution in [-0.2, 0) is 11.0 Å². The highest BCUT2D eigenvalue weighted by Gasteiger charge is 2.36. The predicted molar refractivity (Wildman–Crippen MR) is 70.3 cm³/mol. The lowest BCUT2D eigenvalue weighted by atomic mass is 10.1. The Morgan fingerprint density at radius 2 is 1.80 bits per heavy atom. The van der Waals surface area contributed by atoms with Crippen LogP contribution in [0.15, 0.2) is 18.2 Å². The summed E-state index contributed by atoms with van der Waals surface area (Å²) in [6.07, 6.45) is -4.44. The first-order valence-electron chi connectivity index (χ1n) is 6.27. The molecule has 4 nitrogen and oxygen atoms in total. The molecule has 20 heavy (non-hydrogen) atoms. The number of amides is 1. The smallest absolute Gasteiger partial charge is 0.397 e. The van der Waals surface area contributed by atoms with Gasteiger partial charge in [-0.15, -0.1) is 0 Å². The molecule has 0 radical (unpaired) electrons. The lowest BCUT2D eigenvalue weighted by Gasteiger charge is -2.37. The maximum Gasteiger partial charge on any atom is 0.418 e. The minimum atomic E-state index is -4.44. The third-order valence-electron chi connectivity index (χ3n) is 3.41. The molecule has 0 atom stereocenters. The van der Waals surface area contributed by atoms with Gasteiger partial charge in [-0.2, -0.15) is 13.2 Å². The lowest BCUT2D eigenvalue weighted by Crippen LogP contribution is -2.48. The summed E-state index contributed by atoms with van der Waals surface area (Å²) in [5.74, 6) is -0.0678. The normalized spacial score (nSPS) is 16.4. The second kappa shape index (κ2) is 5.22. The molecule has 1 aromatic rings. The molecule has 0 unspecified atom stereocenters. The van der Waals surface area contributed by atoms with Gasteiger partial charge in [-0.25, -0.2) is 0 Å². The number of halogens is 3. The average molecular weight is 287 g/mol. The molecule has 1 heterocycles. The average Bonchev–Trinajstić information content (AvgIpc) is 2.37. The maximum absolute atomic E-state index is 13.0. The quantitative estimate of drug-likeness (QED) is 0.803. The van der Waals surface area contributed by atoms with E-state index in [1.54, 1.807) is 9.80 Å². The fraction of sp³-hybridized carbons (Fsp3) is 0.462. The summed E-state index contributed by atoms with van der Waals surface area (Å²) in [5, 5.41) is 0. The molecule has 0 aliphatic carbocycles. The van der Waals surface area contributed by atoms with Crippen LogP contribution < -0.4 is 10.6 Å². The van der Waals surface area contributed by atoms with E-state index in [1.165, 1.54) is 19.1 Å². The van der Waals surface area contributed by atoms with E-state index < -0.39 is 11.7 Å². The number of rotatable bonds is 1. The second-order valence-electron chi connectivity index (χ2n) is 4.73. The van der Waals surface area contributed by atoms with E-state index >= 15 is 0 Å². The van der Waals surface area contributed by atoms with E-state index in [4.69, 9.17) is 5.73 Å². The van der Waals surface area contributed by atoms with Crippen molar-refractivity contribution in [1.29, 1.82) is 0 Å². The number of alkyl halides is 3. The first-order chi connectivity index (χ1) is 9.30. The maximum atomic E-state index is 13.0. The van der Waals surface area contributed by atoms with E-state index in [0.717, 1.165) is 6.07 Å². The highest BCUT2D eigenvalue weighted by molar-refractivity contribution is 5.75. The Morgan fingerprint density at radius 3 is 2.30 bits per heavy atom. The number of anilines is 2. The lowest BCUT2D eigenvalue weighted by molar-refractivity contribution is -0.137. The molecular formula is C13H16F3N3O. The molecular weight excluding hydrogens is 271 g/mol. The molecule has 7 heteroatoms. The minimum Gasteiger partial charge on any atom is -0.397 e. The van der Waals surface area contributed by atoms with Gasteiger partial charge in [0.2, 0.25) is 5.91 Å². The van der Waals surface area contributed by atoms with Gasteiger partial charge in [-0.1, -0.05) is 6.07 Å². The predicted octanol–water partition coefficient (Wildman–Crippen LogP) is 1.96. The molecule has 1 aliphatic rings. The van der Waals surface area contributed by atoms with Gasteiger partial charge in [0.15, 0.2) is 0 Å². The van der Waals surface area contributed by atoms with Gasteiger partial charge in [0.05, 0.1) is 16.9 Å². The number of nitrogen functional groups attached to an aromatic ring is 1. The van der Waals surface area contributed by atoms with Crippen molar-refractivity contribution in [1.82, 2.24) is 4.90 Å². The zero-order valence-electron chi connectivity index (χ0n) is 11.1. The number of nitrogens with two attached hydrogens (primary N) is 1. The van der Waals surface area contributed by atoms with Crippen molar-refractivity contribution in [2.24, 2.45) is 0 Å². The third-order valence-corrected chi connectivity index (χ3v) is 3.41. The van der Waals surface area contributed by atoms with Crippen molar-refractivity contribution in [2.45, 2.75) is 13.1 Å². The van der Waals surface area contributed by atoms with Gasteiger partial charge in [0.1, 0.15) is 0 Å². The molecule has 1 amide bonds. The Morgan fingerprint density at radius 1 is 1.20 bits per heavy atom. The van der Waals surface area contributed by atoms with Gasteiger partial charge < -0.3 is 15.5 Å². The second-order valence-corrected chi connectivity index (χ2v) is 4.73. The molecule has 2 rings (SSSR count). The van der Waals surface area contributed by atoms with Crippen LogP contribution in [0.1, 0.15) is 12.5 Å². The summed E-state index contributed by atoms with van der Waals surface area (Å²) < 4.78 is 39.1. The Balaban J connectivity index is 2.28. The fourth-order valence-electron chi connectivity index (χ4n) is 2.39. The van der Waals surface area contributed by atoms with Crippen molar-refractivity contribution in [3.63, 3.8) is 0 Å². The van der Waals surface area contributed by atoms with Gasteiger partial charge in [-0.05, 0) is 12.1 Å². The van der Waals surface area contributed by atoms with E-state index in [2.05, 4.69) is 0 Å². The third kappa shape index (κ3) is 2.81. The van der Waals surface area contributed by atoms with Crippen molar-refractivity contribution < 1.29 is 18.0 Å². The Kier molecular flexibility index (Phi) is 3.78.